The summed E-state index contributed by atoms with van der Waals surface area (Å²) >= 11 is 15.6. The Balaban J connectivity index is 2.03. The third kappa shape index (κ3) is 8.20. The highest BCUT2D eigenvalue weighted by Crippen LogP contribution is 2.27. The van der Waals surface area contributed by atoms with Crippen molar-refractivity contribution < 1.29 is 18.0 Å². The fourth-order valence-electron chi connectivity index (χ4n) is 3.75. The molecular weight excluding hydrogens is 625 g/mol. The van der Waals surface area contributed by atoms with Crippen LogP contribution in [-0.4, -0.2) is 43.3 Å². The zero-order valence-corrected chi connectivity index (χ0v) is 25.9. The van der Waals surface area contributed by atoms with Crippen LogP contribution < -0.4 is 9.62 Å². The van der Waals surface area contributed by atoms with Crippen molar-refractivity contribution in [3.8, 4) is 0 Å². The molecule has 11 heteroatoms. The number of amides is 2. The first-order valence-electron chi connectivity index (χ1n) is 12.1. The normalized spacial score (nSPS) is 12.5. The van der Waals surface area contributed by atoms with E-state index in [0.717, 1.165) is 8.78 Å². The monoisotopic (exact) mass is 653 g/mol. The molecule has 0 fully saturated rings. The molecule has 0 radical (unpaired) electrons. The Kier molecular flexibility index (Phi) is 10.1. The number of carbonyl (C=O) groups is 2. The Morgan fingerprint density at radius 3 is 2.13 bits per heavy atom. The van der Waals surface area contributed by atoms with Crippen molar-refractivity contribution in [1.82, 2.24) is 10.2 Å². The van der Waals surface area contributed by atoms with Crippen LogP contribution in [0.5, 0.6) is 0 Å². The Bertz CT molecular complexity index is 1430. The van der Waals surface area contributed by atoms with Crippen LogP contribution >= 0.6 is 39.1 Å². The van der Waals surface area contributed by atoms with Crippen LogP contribution in [0.25, 0.3) is 0 Å². The van der Waals surface area contributed by atoms with E-state index in [4.69, 9.17) is 23.2 Å². The van der Waals surface area contributed by atoms with Gasteiger partial charge in [-0.05, 0) is 81.8 Å². The minimum atomic E-state index is -4.12. The fourth-order valence-corrected chi connectivity index (χ4v) is 5.77. The maximum absolute atomic E-state index is 13.9. The minimum absolute atomic E-state index is 0.00795. The predicted molar refractivity (Wildman–Crippen MR) is 159 cm³/mol. The molecule has 0 saturated carbocycles. The van der Waals surface area contributed by atoms with Gasteiger partial charge in [0, 0.05) is 16.6 Å². The van der Waals surface area contributed by atoms with Crippen molar-refractivity contribution in [3.05, 3.63) is 92.9 Å². The molecule has 208 valence electrons. The van der Waals surface area contributed by atoms with Gasteiger partial charge < -0.3 is 10.2 Å². The summed E-state index contributed by atoms with van der Waals surface area (Å²) in [6, 6.07) is 18.5. The molecule has 1 atom stereocenters. The van der Waals surface area contributed by atoms with E-state index in [0.29, 0.717) is 21.3 Å². The van der Waals surface area contributed by atoms with Gasteiger partial charge in [0.05, 0.1) is 20.6 Å². The Labute approximate surface area is 248 Å². The third-order valence-corrected chi connectivity index (χ3v) is 8.78. The van der Waals surface area contributed by atoms with Gasteiger partial charge in [0.25, 0.3) is 10.0 Å². The summed E-state index contributed by atoms with van der Waals surface area (Å²) < 4.78 is 29.3. The van der Waals surface area contributed by atoms with Crippen molar-refractivity contribution in [3.63, 3.8) is 0 Å². The second kappa shape index (κ2) is 12.7. The first-order chi connectivity index (χ1) is 18.2. The number of anilines is 1. The van der Waals surface area contributed by atoms with Gasteiger partial charge in [-0.1, -0.05) is 63.4 Å². The summed E-state index contributed by atoms with van der Waals surface area (Å²) in [6.45, 7) is 6.59. The number of hydrogen-bond donors (Lipinski definition) is 1. The molecule has 0 heterocycles. The average molecular weight is 655 g/mol. The van der Waals surface area contributed by atoms with Gasteiger partial charge in [0.15, 0.2) is 0 Å². The largest absolute Gasteiger partial charge is 0.350 e. The van der Waals surface area contributed by atoms with E-state index in [1.807, 2.05) is 20.8 Å². The molecule has 3 aromatic carbocycles. The summed E-state index contributed by atoms with van der Waals surface area (Å²) in [5.41, 5.74) is 0.398. The highest BCUT2D eigenvalue weighted by molar-refractivity contribution is 9.10. The van der Waals surface area contributed by atoms with Gasteiger partial charge in [0.2, 0.25) is 11.8 Å². The number of hydrogen-bond acceptors (Lipinski definition) is 4. The van der Waals surface area contributed by atoms with Crippen molar-refractivity contribution in [2.75, 3.05) is 10.8 Å². The molecule has 39 heavy (non-hydrogen) atoms. The summed E-state index contributed by atoms with van der Waals surface area (Å²) in [4.78, 5) is 28.4. The lowest BCUT2D eigenvalue weighted by molar-refractivity contribution is -0.140. The molecule has 3 aromatic rings. The van der Waals surface area contributed by atoms with Gasteiger partial charge in [-0.3, -0.25) is 13.9 Å². The molecule has 1 unspecified atom stereocenters. The summed E-state index contributed by atoms with van der Waals surface area (Å²) in [5, 5.41) is 3.55. The summed E-state index contributed by atoms with van der Waals surface area (Å²) in [5.74, 6) is -0.947. The second-order valence-corrected chi connectivity index (χ2v) is 13.6. The van der Waals surface area contributed by atoms with Crippen molar-refractivity contribution in [2.24, 2.45) is 0 Å². The average Bonchev–Trinajstić information content (AvgIpc) is 2.87. The van der Waals surface area contributed by atoms with Crippen LogP contribution in [0.4, 0.5) is 5.69 Å². The third-order valence-electron chi connectivity index (χ3n) is 5.73. The second-order valence-electron chi connectivity index (χ2n) is 9.99. The fraction of sp³-hybridized carbons (Fsp3) is 0.286. The number of carbonyl (C=O) groups excluding carboxylic acids is 2. The van der Waals surface area contributed by atoms with Crippen LogP contribution in [0.2, 0.25) is 10.0 Å². The number of nitrogens with one attached hydrogen (secondary N) is 1. The molecule has 0 aliphatic rings. The lowest BCUT2D eigenvalue weighted by Crippen LogP contribution is -2.54. The quantitative estimate of drug-likeness (QED) is 0.294. The van der Waals surface area contributed by atoms with Gasteiger partial charge in [-0.25, -0.2) is 8.42 Å². The minimum Gasteiger partial charge on any atom is -0.350 e. The van der Waals surface area contributed by atoms with Gasteiger partial charge in [-0.2, -0.15) is 0 Å². The molecular formula is C28H30BrCl2N3O4S. The van der Waals surface area contributed by atoms with E-state index in [2.05, 4.69) is 21.2 Å². The molecule has 0 bridgehead atoms. The van der Waals surface area contributed by atoms with Crippen LogP contribution in [0.15, 0.2) is 82.2 Å². The lowest BCUT2D eigenvalue weighted by atomic mass is 10.1. The van der Waals surface area contributed by atoms with Crippen molar-refractivity contribution in [2.45, 2.75) is 50.7 Å². The lowest BCUT2D eigenvalue weighted by Gasteiger charge is -2.33. The van der Waals surface area contributed by atoms with Crippen LogP contribution in [0, 0.1) is 0 Å². The van der Waals surface area contributed by atoms with Crippen LogP contribution in [-0.2, 0) is 26.2 Å². The summed E-state index contributed by atoms with van der Waals surface area (Å²) in [7, 11) is -4.12. The van der Waals surface area contributed by atoms with Crippen LogP contribution in [0.1, 0.15) is 33.3 Å². The number of nitrogens with zero attached hydrogens (tertiary/aromatic N) is 2. The van der Waals surface area contributed by atoms with Gasteiger partial charge in [-0.15, -0.1) is 0 Å². The first kappa shape index (κ1) is 30.9. The number of rotatable bonds is 9. The van der Waals surface area contributed by atoms with E-state index < -0.39 is 34.1 Å². The van der Waals surface area contributed by atoms with E-state index in [9.17, 15) is 18.0 Å². The van der Waals surface area contributed by atoms with Crippen molar-refractivity contribution >= 4 is 66.7 Å². The number of benzene rings is 3. The molecule has 0 saturated heterocycles. The van der Waals surface area contributed by atoms with E-state index in [-0.39, 0.29) is 17.3 Å². The van der Waals surface area contributed by atoms with E-state index >= 15 is 0 Å². The predicted octanol–water partition coefficient (Wildman–Crippen LogP) is 6.28. The smallest absolute Gasteiger partial charge is 0.264 e. The topological polar surface area (TPSA) is 86.8 Å². The Morgan fingerprint density at radius 1 is 0.949 bits per heavy atom. The molecule has 0 spiro atoms. The molecule has 0 aromatic heterocycles. The van der Waals surface area contributed by atoms with Gasteiger partial charge >= 0.3 is 0 Å². The summed E-state index contributed by atoms with van der Waals surface area (Å²) in [6.07, 6.45) is 0. The van der Waals surface area contributed by atoms with E-state index in [1.54, 1.807) is 67.6 Å². The molecule has 1 N–H and O–H groups in total. The van der Waals surface area contributed by atoms with Crippen molar-refractivity contribution in [1.29, 1.82) is 0 Å². The standard InChI is InChI=1S/C28H30BrCl2N3O4S/c1-19(27(36)32-28(2,3)4)33(17-20-10-15-24(30)25(31)16-20)26(35)18-34(22-13-11-21(29)12-14-22)39(37,38)23-8-6-5-7-9-23/h5-16,19H,17-18H2,1-4H3,(H,32,36). The SMILES string of the molecule is CC(C(=O)NC(C)(C)C)N(Cc1ccc(Cl)c(Cl)c1)C(=O)CN(c1ccc(Br)cc1)S(=O)(=O)c1ccccc1. The molecule has 7 nitrogen and oxygen atoms in total. The maximum Gasteiger partial charge on any atom is 0.264 e. The Morgan fingerprint density at radius 2 is 1.56 bits per heavy atom. The molecule has 0 aliphatic carbocycles. The first-order valence-corrected chi connectivity index (χ1v) is 15.1. The zero-order chi connectivity index (χ0) is 29.0. The highest BCUT2D eigenvalue weighted by Gasteiger charge is 2.33. The number of halogens is 3. The Hall–Kier alpha value is -2.59. The highest BCUT2D eigenvalue weighted by atomic mass is 79.9. The zero-order valence-electron chi connectivity index (χ0n) is 22.0. The van der Waals surface area contributed by atoms with Gasteiger partial charge in [0.1, 0.15) is 12.6 Å². The molecule has 2 amide bonds. The maximum atomic E-state index is 13.9. The van der Waals surface area contributed by atoms with Crippen LogP contribution in [0.3, 0.4) is 0 Å². The molecule has 0 aliphatic heterocycles. The van der Waals surface area contributed by atoms with E-state index in [1.165, 1.54) is 17.0 Å². The number of sulfonamides is 1. The molecule has 3 rings (SSSR count).